The first-order valence-electron chi connectivity index (χ1n) is 7.19. The molecular formula is C14H25N3O4. The van der Waals surface area contributed by atoms with Gasteiger partial charge in [-0.1, -0.05) is 13.8 Å². The minimum Gasteiger partial charge on any atom is -0.481 e. The Hall–Kier alpha value is -1.63. The Morgan fingerprint density at radius 3 is 2.48 bits per heavy atom. The second-order valence-corrected chi connectivity index (χ2v) is 6.45. The second kappa shape index (κ2) is 7.40. The highest BCUT2D eigenvalue weighted by Gasteiger charge is 2.26. The lowest BCUT2D eigenvalue weighted by molar-refractivity contribution is -0.139. The second-order valence-electron chi connectivity index (χ2n) is 6.45. The number of hydrogen-bond acceptors (Lipinski definition) is 4. The molecule has 1 aliphatic rings. The molecule has 0 aromatic heterocycles. The number of urea groups is 1. The molecule has 3 amide bonds. The molecule has 1 aliphatic heterocycles. The van der Waals surface area contributed by atoms with Crippen LogP contribution in [0.4, 0.5) is 4.79 Å². The van der Waals surface area contributed by atoms with Crippen LogP contribution in [0.3, 0.4) is 0 Å². The van der Waals surface area contributed by atoms with Crippen molar-refractivity contribution >= 4 is 17.9 Å². The number of aliphatic carboxylic acids is 1. The number of carboxylic acid groups (broad SMARTS) is 1. The number of likely N-dealkylation sites (N-methyl/N-ethyl adjacent to an activating group) is 1. The van der Waals surface area contributed by atoms with Crippen molar-refractivity contribution in [3.05, 3.63) is 0 Å². The van der Waals surface area contributed by atoms with Crippen molar-refractivity contribution in [2.45, 2.75) is 45.6 Å². The first-order valence-corrected chi connectivity index (χ1v) is 7.19. The Morgan fingerprint density at radius 1 is 1.29 bits per heavy atom. The van der Waals surface area contributed by atoms with Gasteiger partial charge < -0.3 is 15.3 Å². The third-order valence-corrected chi connectivity index (χ3v) is 3.69. The van der Waals surface area contributed by atoms with Crippen molar-refractivity contribution in [1.82, 2.24) is 15.5 Å². The summed E-state index contributed by atoms with van der Waals surface area (Å²) in [5.41, 5.74) is -0.679. The molecule has 120 valence electrons. The van der Waals surface area contributed by atoms with Gasteiger partial charge in [0.05, 0.1) is 6.42 Å². The summed E-state index contributed by atoms with van der Waals surface area (Å²) in [7, 11) is 2.01. The molecule has 1 heterocycles. The molecule has 21 heavy (non-hydrogen) atoms. The number of carboxylic acids is 1. The van der Waals surface area contributed by atoms with E-state index in [1.54, 1.807) is 13.8 Å². The fraction of sp³-hybridized carbons (Fsp3) is 0.786. The molecule has 0 aliphatic carbocycles. The van der Waals surface area contributed by atoms with Gasteiger partial charge in [-0.2, -0.15) is 0 Å². The van der Waals surface area contributed by atoms with Gasteiger partial charge in [0.25, 0.3) is 0 Å². The van der Waals surface area contributed by atoms with E-state index in [0.717, 1.165) is 19.4 Å². The molecule has 1 unspecified atom stereocenters. The Bertz CT molecular complexity index is 409. The summed E-state index contributed by atoms with van der Waals surface area (Å²) in [6, 6.07) is -0.208. The van der Waals surface area contributed by atoms with Crippen molar-refractivity contribution in [1.29, 1.82) is 0 Å². The molecule has 0 bridgehead atoms. The fourth-order valence-electron chi connectivity index (χ4n) is 2.57. The lowest BCUT2D eigenvalue weighted by Crippen LogP contribution is -2.45. The van der Waals surface area contributed by atoms with E-state index in [-0.39, 0.29) is 12.8 Å². The van der Waals surface area contributed by atoms with Gasteiger partial charge in [0.1, 0.15) is 0 Å². The zero-order valence-corrected chi connectivity index (χ0v) is 12.9. The predicted octanol–water partition coefficient (Wildman–Crippen LogP) is 0.797. The van der Waals surface area contributed by atoms with Gasteiger partial charge in [-0.3, -0.25) is 14.9 Å². The number of hydrogen-bond donors (Lipinski definition) is 3. The van der Waals surface area contributed by atoms with Crippen LogP contribution in [0.2, 0.25) is 0 Å². The van der Waals surface area contributed by atoms with Crippen LogP contribution in [0.5, 0.6) is 0 Å². The maximum absolute atomic E-state index is 11.7. The van der Waals surface area contributed by atoms with E-state index in [0.29, 0.717) is 12.6 Å². The van der Waals surface area contributed by atoms with E-state index in [1.807, 2.05) is 7.05 Å². The summed E-state index contributed by atoms with van der Waals surface area (Å²) in [6.07, 6.45) is 2.04. The van der Waals surface area contributed by atoms with Crippen LogP contribution in [-0.2, 0) is 9.59 Å². The Morgan fingerprint density at radius 2 is 1.95 bits per heavy atom. The molecule has 0 aromatic rings. The van der Waals surface area contributed by atoms with Crippen LogP contribution in [0.1, 0.15) is 39.5 Å². The summed E-state index contributed by atoms with van der Waals surface area (Å²) >= 11 is 0. The van der Waals surface area contributed by atoms with Crippen LogP contribution in [0.15, 0.2) is 0 Å². The van der Waals surface area contributed by atoms with Crippen LogP contribution in [0, 0.1) is 5.41 Å². The first kappa shape index (κ1) is 17.4. The average Bonchev–Trinajstić information content (AvgIpc) is 2.69. The lowest BCUT2D eigenvalue weighted by Gasteiger charge is -2.22. The highest BCUT2D eigenvalue weighted by Crippen LogP contribution is 2.24. The van der Waals surface area contributed by atoms with Crippen LogP contribution >= 0.6 is 0 Å². The van der Waals surface area contributed by atoms with Crippen LogP contribution < -0.4 is 10.6 Å². The smallest absolute Gasteiger partial charge is 0.321 e. The van der Waals surface area contributed by atoms with Crippen molar-refractivity contribution in [3.63, 3.8) is 0 Å². The topological polar surface area (TPSA) is 98.7 Å². The van der Waals surface area contributed by atoms with Gasteiger partial charge in [-0.15, -0.1) is 0 Å². The number of carbonyl (C=O) groups excluding carboxylic acids is 2. The quantitative estimate of drug-likeness (QED) is 0.674. The molecule has 0 aromatic carbocycles. The molecule has 1 atom stereocenters. The van der Waals surface area contributed by atoms with E-state index in [2.05, 4.69) is 15.5 Å². The largest absolute Gasteiger partial charge is 0.481 e. The minimum atomic E-state index is -0.957. The third-order valence-electron chi connectivity index (χ3n) is 3.69. The van der Waals surface area contributed by atoms with Gasteiger partial charge in [-0.05, 0) is 31.8 Å². The van der Waals surface area contributed by atoms with E-state index in [1.165, 1.54) is 0 Å². The normalized spacial score (nSPS) is 19.3. The molecule has 0 radical (unpaired) electrons. The maximum Gasteiger partial charge on any atom is 0.321 e. The average molecular weight is 299 g/mol. The summed E-state index contributed by atoms with van der Waals surface area (Å²) < 4.78 is 0. The molecule has 7 nitrogen and oxygen atoms in total. The molecular weight excluding hydrogens is 274 g/mol. The molecule has 1 rings (SSSR count). The van der Waals surface area contributed by atoms with Gasteiger partial charge in [0, 0.05) is 19.0 Å². The number of nitrogens with one attached hydrogen (secondary N) is 2. The van der Waals surface area contributed by atoms with Crippen molar-refractivity contribution in [3.8, 4) is 0 Å². The van der Waals surface area contributed by atoms with Crippen molar-refractivity contribution in [2.24, 2.45) is 5.41 Å². The lowest BCUT2D eigenvalue weighted by atomic mass is 9.85. The molecule has 7 heteroatoms. The summed E-state index contributed by atoms with van der Waals surface area (Å²) in [5.74, 6) is -1.42. The number of nitrogens with zero attached hydrogens (tertiary/aromatic N) is 1. The number of likely N-dealkylation sites (tertiary alicyclic amines) is 1. The molecule has 0 spiro atoms. The Labute approximate surface area is 125 Å². The molecule has 3 N–H and O–H groups in total. The van der Waals surface area contributed by atoms with Crippen LogP contribution in [0.25, 0.3) is 0 Å². The Balaban J connectivity index is 2.30. The van der Waals surface area contributed by atoms with E-state index >= 15 is 0 Å². The predicted molar refractivity (Wildman–Crippen MR) is 77.8 cm³/mol. The zero-order valence-electron chi connectivity index (χ0n) is 12.9. The molecule has 0 saturated carbocycles. The fourth-order valence-corrected chi connectivity index (χ4v) is 2.57. The molecule has 1 saturated heterocycles. The molecule has 1 fully saturated rings. The van der Waals surface area contributed by atoms with Gasteiger partial charge in [-0.25, -0.2) is 4.79 Å². The minimum absolute atomic E-state index is 0.00392. The standard InChI is InChI=1S/C14H25N3O4/c1-14(2,8-12(19)20)7-11(18)16-13(21)15-9-10-5-4-6-17(10)3/h10H,4-9H2,1-3H3,(H,19,20)(H2,15,16,18,21). The number of amides is 3. The summed E-state index contributed by atoms with van der Waals surface area (Å²) in [5, 5.41) is 13.7. The van der Waals surface area contributed by atoms with E-state index in [4.69, 9.17) is 5.11 Å². The highest BCUT2D eigenvalue weighted by molar-refractivity contribution is 5.94. The van der Waals surface area contributed by atoms with E-state index in [9.17, 15) is 14.4 Å². The Kier molecular flexibility index (Phi) is 6.14. The highest BCUT2D eigenvalue weighted by atomic mass is 16.4. The monoisotopic (exact) mass is 299 g/mol. The number of carbonyl (C=O) groups is 3. The first-order chi connectivity index (χ1) is 9.69. The summed E-state index contributed by atoms with van der Waals surface area (Å²) in [6.45, 7) is 4.91. The van der Waals surface area contributed by atoms with Gasteiger partial charge in [0.2, 0.25) is 5.91 Å². The van der Waals surface area contributed by atoms with E-state index < -0.39 is 23.3 Å². The SMILES string of the molecule is CN1CCCC1CNC(=O)NC(=O)CC(C)(C)CC(=O)O. The number of imide groups is 1. The number of rotatable bonds is 6. The van der Waals surface area contributed by atoms with Gasteiger partial charge >= 0.3 is 12.0 Å². The maximum atomic E-state index is 11.7. The zero-order chi connectivity index (χ0) is 16.0. The third kappa shape index (κ3) is 6.57. The summed E-state index contributed by atoms with van der Waals surface area (Å²) in [4.78, 5) is 36.2. The van der Waals surface area contributed by atoms with Crippen molar-refractivity contribution in [2.75, 3.05) is 20.1 Å². The van der Waals surface area contributed by atoms with Gasteiger partial charge in [0.15, 0.2) is 0 Å². The van der Waals surface area contributed by atoms with Crippen molar-refractivity contribution < 1.29 is 19.5 Å². The van der Waals surface area contributed by atoms with Crippen LogP contribution in [-0.4, -0.2) is 54.1 Å².